The highest BCUT2D eigenvalue weighted by molar-refractivity contribution is 6.32. The van der Waals surface area contributed by atoms with Crippen molar-refractivity contribution in [2.24, 2.45) is 0 Å². The Kier molecular flexibility index (Phi) is 6.58. The number of hydrogen-bond donors (Lipinski definition) is 0. The topological polar surface area (TPSA) is 57.7 Å². The van der Waals surface area contributed by atoms with Crippen LogP contribution < -0.4 is 9.47 Å². The largest absolute Gasteiger partial charge is 0.495 e. The third-order valence-electron chi connectivity index (χ3n) is 3.51. The van der Waals surface area contributed by atoms with E-state index < -0.39 is 6.10 Å². The van der Waals surface area contributed by atoms with Gasteiger partial charge in [-0.05, 0) is 36.8 Å². The minimum Gasteiger partial charge on any atom is -0.495 e. The number of carbonyl (C=O) groups excluding carboxylic acids is 1. The molecule has 1 aromatic carbocycles. The molecule has 0 N–H and O–H groups in total. The highest BCUT2D eigenvalue weighted by Crippen LogP contribution is 2.32. The first kappa shape index (κ1) is 18.2. The Balaban J connectivity index is 2.37. The predicted octanol–water partition coefficient (Wildman–Crippen LogP) is 3.89. The number of hydrogen-bond acceptors (Lipinski definition) is 5. The van der Waals surface area contributed by atoms with Gasteiger partial charge in [0.25, 0.3) is 0 Å². The molecule has 128 valence electrons. The molecular weight excluding hydrogens is 330 g/mol. The van der Waals surface area contributed by atoms with Crippen LogP contribution in [0.4, 0.5) is 0 Å². The van der Waals surface area contributed by atoms with Crippen molar-refractivity contribution in [1.29, 1.82) is 0 Å². The summed E-state index contributed by atoms with van der Waals surface area (Å²) in [6, 6.07) is 8.64. The maximum Gasteiger partial charge on any atom is 0.167 e. The smallest absolute Gasteiger partial charge is 0.167 e. The number of benzene rings is 1. The Morgan fingerprint density at radius 3 is 2.54 bits per heavy atom. The molecule has 2 aromatic rings. The zero-order valence-corrected chi connectivity index (χ0v) is 14.7. The number of rotatable bonds is 8. The lowest BCUT2D eigenvalue weighted by Gasteiger charge is -2.21. The van der Waals surface area contributed by atoms with Gasteiger partial charge in [0, 0.05) is 18.4 Å². The van der Waals surface area contributed by atoms with Crippen LogP contribution in [0.15, 0.2) is 30.3 Å². The Labute approximate surface area is 146 Å². The zero-order chi connectivity index (χ0) is 17.5. The highest BCUT2D eigenvalue weighted by Gasteiger charge is 2.21. The van der Waals surface area contributed by atoms with Crippen LogP contribution in [-0.2, 0) is 11.2 Å². The van der Waals surface area contributed by atoms with Gasteiger partial charge in [-0.1, -0.05) is 18.5 Å². The van der Waals surface area contributed by atoms with E-state index in [4.69, 9.17) is 25.8 Å². The van der Waals surface area contributed by atoms with Crippen LogP contribution in [0.2, 0.25) is 5.02 Å². The molecule has 5 nitrogen and oxygen atoms in total. The van der Waals surface area contributed by atoms with Crippen molar-refractivity contribution >= 4 is 17.9 Å². The first-order valence-electron chi connectivity index (χ1n) is 7.57. The second-order valence-corrected chi connectivity index (χ2v) is 5.52. The van der Waals surface area contributed by atoms with Gasteiger partial charge in [-0.2, -0.15) is 0 Å². The van der Waals surface area contributed by atoms with Crippen molar-refractivity contribution in [2.45, 2.75) is 19.4 Å². The molecule has 1 heterocycles. The number of halogens is 1. The van der Waals surface area contributed by atoms with Gasteiger partial charge in [-0.3, -0.25) is 4.79 Å². The summed E-state index contributed by atoms with van der Waals surface area (Å²) in [7, 11) is 3.17. The van der Waals surface area contributed by atoms with Crippen LogP contribution in [0.25, 0.3) is 0 Å². The highest BCUT2D eigenvalue weighted by atomic mass is 35.5. The summed E-state index contributed by atoms with van der Waals surface area (Å²) in [5.74, 6) is 1.07. The fourth-order valence-electron chi connectivity index (χ4n) is 2.26. The van der Waals surface area contributed by atoms with Crippen LogP contribution in [0.3, 0.4) is 0 Å². The molecule has 0 aliphatic rings. The maximum atomic E-state index is 10.8. The molecule has 0 aliphatic heterocycles. The maximum absolute atomic E-state index is 10.8. The van der Waals surface area contributed by atoms with Gasteiger partial charge in [0.15, 0.2) is 6.10 Å². The molecule has 2 rings (SSSR count). The van der Waals surface area contributed by atoms with Gasteiger partial charge in [-0.25, -0.2) is 4.98 Å². The number of carbonyl (C=O) groups is 1. The third kappa shape index (κ3) is 4.24. The summed E-state index contributed by atoms with van der Waals surface area (Å²) in [6.45, 7) is 2.31. The van der Waals surface area contributed by atoms with Gasteiger partial charge in [-0.15, -0.1) is 0 Å². The molecule has 0 amide bonds. The lowest BCUT2D eigenvalue weighted by Crippen LogP contribution is -2.17. The van der Waals surface area contributed by atoms with Gasteiger partial charge < -0.3 is 14.2 Å². The standard InChI is InChI=1S/C18H20ClNO4/c1-4-13-6-8-16(23-3)18(20-13)17(11-22-2)24-15-7-5-12(10-21)9-14(15)19/h5-10,17H,4,11H2,1-3H3. The molecule has 0 saturated carbocycles. The zero-order valence-electron chi connectivity index (χ0n) is 13.9. The van der Waals surface area contributed by atoms with Crippen molar-refractivity contribution in [3.63, 3.8) is 0 Å². The van der Waals surface area contributed by atoms with E-state index in [1.807, 2.05) is 19.1 Å². The molecule has 0 spiro atoms. The van der Waals surface area contributed by atoms with Crippen LogP contribution in [-0.4, -0.2) is 32.1 Å². The average Bonchev–Trinajstić information content (AvgIpc) is 2.62. The molecule has 1 aromatic heterocycles. The first-order chi connectivity index (χ1) is 11.6. The van der Waals surface area contributed by atoms with Crippen LogP contribution in [0.5, 0.6) is 11.5 Å². The van der Waals surface area contributed by atoms with E-state index in [-0.39, 0.29) is 6.61 Å². The van der Waals surface area contributed by atoms with Gasteiger partial charge in [0.1, 0.15) is 23.5 Å². The summed E-state index contributed by atoms with van der Waals surface area (Å²) < 4.78 is 16.7. The molecule has 0 radical (unpaired) electrons. The van der Waals surface area contributed by atoms with E-state index in [9.17, 15) is 4.79 Å². The number of pyridine rings is 1. The van der Waals surface area contributed by atoms with Gasteiger partial charge in [0.2, 0.25) is 0 Å². The summed E-state index contributed by atoms with van der Waals surface area (Å²) >= 11 is 6.20. The summed E-state index contributed by atoms with van der Waals surface area (Å²) in [4.78, 5) is 15.4. The van der Waals surface area contributed by atoms with E-state index in [1.54, 1.807) is 32.4 Å². The number of aromatic nitrogens is 1. The van der Waals surface area contributed by atoms with Crippen LogP contribution in [0.1, 0.15) is 34.8 Å². The van der Waals surface area contributed by atoms with Gasteiger partial charge in [0.05, 0.1) is 18.7 Å². The lowest BCUT2D eigenvalue weighted by atomic mass is 10.1. The second kappa shape index (κ2) is 8.66. The van der Waals surface area contributed by atoms with Crippen molar-refractivity contribution in [1.82, 2.24) is 4.98 Å². The second-order valence-electron chi connectivity index (χ2n) is 5.11. The normalized spacial score (nSPS) is 11.8. The Morgan fingerprint density at radius 1 is 1.21 bits per heavy atom. The number of nitrogens with zero attached hydrogens (tertiary/aromatic N) is 1. The minimum absolute atomic E-state index is 0.280. The molecular formula is C18H20ClNO4. The quantitative estimate of drug-likeness (QED) is 0.677. The monoisotopic (exact) mass is 349 g/mol. The Hall–Kier alpha value is -2.11. The Bertz CT molecular complexity index is 705. The lowest BCUT2D eigenvalue weighted by molar-refractivity contribution is 0.0766. The minimum atomic E-state index is -0.490. The fourth-order valence-corrected chi connectivity index (χ4v) is 2.50. The molecule has 0 fully saturated rings. The SMILES string of the molecule is CCc1ccc(OC)c(C(COC)Oc2ccc(C=O)cc2Cl)n1. The molecule has 0 bridgehead atoms. The van der Waals surface area contributed by atoms with E-state index in [0.29, 0.717) is 27.8 Å². The van der Waals surface area contributed by atoms with E-state index in [1.165, 1.54) is 0 Å². The molecule has 0 saturated heterocycles. The van der Waals surface area contributed by atoms with Crippen molar-refractivity contribution in [3.8, 4) is 11.5 Å². The fraction of sp³-hybridized carbons (Fsp3) is 0.333. The number of methoxy groups -OCH3 is 2. The number of aldehydes is 1. The number of aryl methyl sites for hydroxylation is 1. The van der Waals surface area contributed by atoms with Crippen LogP contribution >= 0.6 is 11.6 Å². The summed E-state index contributed by atoms with van der Waals surface area (Å²) in [5, 5.41) is 0.353. The van der Waals surface area contributed by atoms with Crippen LogP contribution in [0, 0.1) is 0 Å². The van der Waals surface area contributed by atoms with E-state index in [0.717, 1.165) is 18.4 Å². The molecule has 1 unspecified atom stereocenters. The molecule has 24 heavy (non-hydrogen) atoms. The van der Waals surface area contributed by atoms with Gasteiger partial charge >= 0.3 is 0 Å². The predicted molar refractivity (Wildman–Crippen MR) is 92.3 cm³/mol. The molecule has 1 atom stereocenters. The summed E-state index contributed by atoms with van der Waals surface area (Å²) in [5.41, 5.74) is 2.06. The van der Waals surface area contributed by atoms with Crippen molar-refractivity contribution in [2.75, 3.05) is 20.8 Å². The average molecular weight is 350 g/mol. The molecule has 6 heteroatoms. The first-order valence-corrected chi connectivity index (χ1v) is 7.94. The molecule has 0 aliphatic carbocycles. The summed E-state index contributed by atoms with van der Waals surface area (Å²) in [6.07, 6.45) is 1.04. The van der Waals surface area contributed by atoms with Crippen molar-refractivity contribution in [3.05, 3.63) is 52.3 Å². The van der Waals surface area contributed by atoms with Crippen molar-refractivity contribution < 1.29 is 19.0 Å². The van der Waals surface area contributed by atoms with E-state index >= 15 is 0 Å². The van der Waals surface area contributed by atoms with E-state index in [2.05, 4.69) is 4.98 Å². The third-order valence-corrected chi connectivity index (χ3v) is 3.81. The number of ether oxygens (including phenoxy) is 3. The Morgan fingerprint density at radius 2 is 1.96 bits per heavy atom.